The Labute approximate surface area is 99.3 Å². The molecule has 0 aliphatic rings. The molecule has 0 spiro atoms. The molecule has 0 saturated heterocycles. The van der Waals surface area contributed by atoms with E-state index in [2.05, 4.69) is 27.7 Å². The van der Waals surface area contributed by atoms with Gasteiger partial charge in [0.1, 0.15) is 0 Å². The Morgan fingerprint density at radius 2 is 2.44 bits per heavy atom. The van der Waals surface area contributed by atoms with Crippen LogP contribution in [0.5, 0.6) is 0 Å². The summed E-state index contributed by atoms with van der Waals surface area (Å²) in [7, 11) is 0. The molecule has 0 radical (unpaired) electrons. The molecule has 86 valence electrons. The van der Waals surface area contributed by atoms with Gasteiger partial charge < -0.3 is 5.32 Å². The summed E-state index contributed by atoms with van der Waals surface area (Å²) in [5.41, 5.74) is 1.12. The summed E-state index contributed by atoms with van der Waals surface area (Å²) >= 11 is 1.69. The molecule has 2 rings (SSSR count). The summed E-state index contributed by atoms with van der Waals surface area (Å²) in [5, 5.41) is 10.8. The highest BCUT2D eigenvalue weighted by Crippen LogP contribution is 2.07. The predicted molar refractivity (Wildman–Crippen MR) is 65.4 cm³/mol. The van der Waals surface area contributed by atoms with Crippen LogP contribution in [-0.2, 0) is 13.1 Å². The molecule has 1 atom stereocenters. The Morgan fingerprint density at radius 1 is 1.56 bits per heavy atom. The first kappa shape index (κ1) is 11.3. The van der Waals surface area contributed by atoms with Crippen LogP contribution >= 0.6 is 11.3 Å². The third-order valence-electron chi connectivity index (χ3n) is 2.32. The Bertz CT molecular complexity index is 421. The lowest BCUT2D eigenvalue weighted by Crippen LogP contribution is -2.30. The smallest absolute Gasteiger partial charge is 0.0897 e. The first-order chi connectivity index (χ1) is 7.74. The van der Waals surface area contributed by atoms with E-state index in [-0.39, 0.29) is 0 Å². The minimum Gasteiger partial charge on any atom is -0.307 e. The summed E-state index contributed by atoms with van der Waals surface area (Å²) < 4.78 is 1.93. The second kappa shape index (κ2) is 5.23. The van der Waals surface area contributed by atoms with Crippen molar-refractivity contribution >= 4 is 11.3 Å². The van der Waals surface area contributed by atoms with Gasteiger partial charge in [0.15, 0.2) is 0 Å². The van der Waals surface area contributed by atoms with Gasteiger partial charge >= 0.3 is 0 Å². The molecule has 0 aromatic carbocycles. The maximum Gasteiger partial charge on any atom is 0.0897 e. The first-order valence-corrected chi connectivity index (χ1v) is 6.24. The number of nitrogens with one attached hydrogen (secondary N) is 1. The highest BCUT2D eigenvalue weighted by Gasteiger charge is 2.04. The number of aromatic nitrogens is 3. The van der Waals surface area contributed by atoms with Crippen molar-refractivity contribution < 1.29 is 0 Å². The van der Waals surface area contributed by atoms with Crippen LogP contribution in [0, 0.1) is 6.92 Å². The average Bonchev–Trinajstić information content (AvgIpc) is 2.87. The number of nitrogens with zero attached hydrogens (tertiary/aromatic N) is 3. The van der Waals surface area contributed by atoms with Crippen molar-refractivity contribution in [3.8, 4) is 0 Å². The lowest BCUT2D eigenvalue weighted by molar-refractivity contribution is 0.449. The standard InChI is InChI=1S/C11H16N4S/c1-9(7-15-5-3-4-13-15)12-6-11-8-16-10(2)14-11/h3-5,8-9,12H,6-7H2,1-2H3/t9-/m1/s1. The van der Waals surface area contributed by atoms with E-state index in [0.717, 1.165) is 23.8 Å². The fraction of sp³-hybridized carbons (Fsp3) is 0.455. The van der Waals surface area contributed by atoms with Gasteiger partial charge in [0.2, 0.25) is 0 Å². The van der Waals surface area contributed by atoms with E-state index in [1.807, 2.05) is 23.9 Å². The fourth-order valence-electron chi connectivity index (χ4n) is 1.52. The quantitative estimate of drug-likeness (QED) is 0.861. The average molecular weight is 236 g/mol. The molecule has 0 fully saturated rings. The number of hydrogen-bond donors (Lipinski definition) is 1. The molecular weight excluding hydrogens is 220 g/mol. The molecule has 2 aromatic rings. The largest absolute Gasteiger partial charge is 0.307 e. The van der Waals surface area contributed by atoms with Crippen LogP contribution in [-0.4, -0.2) is 20.8 Å². The molecule has 0 saturated carbocycles. The molecule has 2 heterocycles. The number of thiazole rings is 1. The van der Waals surface area contributed by atoms with Crippen molar-refractivity contribution in [1.82, 2.24) is 20.1 Å². The summed E-state index contributed by atoms with van der Waals surface area (Å²) in [4.78, 5) is 4.41. The minimum atomic E-state index is 0.391. The van der Waals surface area contributed by atoms with Gasteiger partial charge in [-0.1, -0.05) is 0 Å². The monoisotopic (exact) mass is 236 g/mol. The molecule has 4 nitrogen and oxygen atoms in total. The molecule has 1 N–H and O–H groups in total. The van der Waals surface area contributed by atoms with E-state index in [1.165, 1.54) is 0 Å². The van der Waals surface area contributed by atoms with E-state index in [9.17, 15) is 0 Å². The Morgan fingerprint density at radius 3 is 3.06 bits per heavy atom. The molecular formula is C11H16N4S. The topological polar surface area (TPSA) is 42.7 Å². The SMILES string of the molecule is Cc1nc(CN[C@H](C)Cn2cccn2)cs1. The highest BCUT2D eigenvalue weighted by atomic mass is 32.1. The Balaban J connectivity index is 1.77. The van der Waals surface area contributed by atoms with Crippen LogP contribution in [0.15, 0.2) is 23.8 Å². The second-order valence-electron chi connectivity index (χ2n) is 3.87. The first-order valence-electron chi connectivity index (χ1n) is 5.36. The van der Waals surface area contributed by atoms with E-state index < -0.39 is 0 Å². The third kappa shape index (κ3) is 3.15. The normalized spacial score (nSPS) is 12.9. The van der Waals surface area contributed by atoms with E-state index in [1.54, 1.807) is 17.5 Å². The van der Waals surface area contributed by atoms with Crippen LogP contribution in [0.2, 0.25) is 0 Å². The van der Waals surface area contributed by atoms with Crippen molar-refractivity contribution in [1.29, 1.82) is 0 Å². The Kier molecular flexibility index (Phi) is 3.69. The van der Waals surface area contributed by atoms with Gasteiger partial charge in [-0.25, -0.2) is 4.98 Å². The third-order valence-corrected chi connectivity index (χ3v) is 3.14. The highest BCUT2D eigenvalue weighted by molar-refractivity contribution is 7.09. The minimum absolute atomic E-state index is 0.391. The van der Waals surface area contributed by atoms with Gasteiger partial charge in [0, 0.05) is 30.4 Å². The van der Waals surface area contributed by atoms with Crippen LogP contribution in [0.25, 0.3) is 0 Å². The van der Waals surface area contributed by atoms with Gasteiger partial charge in [-0.05, 0) is 19.9 Å². The number of rotatable bonds is 5. The van der Waals surface area contributed by atoms with Crippen molar-refractivity contribution in [3.05, 3.63) is 34.5 Å². The zero-order valence-corrected chi connectivity index (χ0v) is 10.4. The van der Waals surface area contributed by atoms with Gasteiger partial charge in [-0.2, -0.15) is 5.10 Å². The number of aryl methyl sites for hydroxylation is 1. The van der Waals surface area contributed by atoms with Crippen LogP contribution in [0.4, 0.5) is 0 Å². The lowest BCUT2D eigenvalue weighted by atomic mass is 10.3. The molecule has 0 aliphatic heterocycles. The molecule has 2 aromatic heterocycles. The molecule has 0 amide bonds. The maximum atomic E-state index is 4.41. The van der Waals surface area contributed by atoms with Crippen molar-refractivity contribution in [2.24, 2.45) is 0 Å². The zero-order valence-electron chi connectivity index (χ0n) is 9.55. The molecule has 16 heavy (non-hydrogen) atoms. The summed E-state index contributed by atoms with van der Waals surface area (Å²) in [6.07, 6.45) is 3.78. The van der Waals surface area contributed by atoms with Crippen LogP contribution < -0.4 is 5.32 Å². The fourth-order valence-corrected chi connectivity index (χ4v) is 2.13. The predicted octanol–water partition coefficient (Wildman–Crippen LogP) is 1.83. The van der Waals surface area contributed by atoms with Crippen LogP contribution in [0.1, 0.15) is 17.6 Å². The lowest BCUT2D eigenvalue weighted by Gasteiger charge is -2.12. The maximum absolute atomic E-state index is 4.41. The van der Waals surface area contributed by atoms with Gasteiger partial charge in [-0.3, -0.25) is 4.68 Å². The van der Waals surface area contributed by atoms with Crippen molar-refractivity contribution in [2.75, 3.05) is 0 Å². The molecule has 5 heteroatoms. The number of hydrogen-bond acceptors (Lipinski definition) is 4. The summed E-state index contributed by atoms with van der Waals surface area (Å²) in [6, 6.07) is 2.33. The Hall–Kier alpha value is -1.20. The van der Waals surface area contributed by atoms with Crippen LogP contribution in [0.3, 0.4) is 0 Å². The van der Waals surface area contributed by atoms with Crippen molar-refractivity contribution in [2.45, 2.75) is 33.0 Å². The van der Waals surface area contributed by atoms with E-state index in [0.29, 0.717) is 6.04 Å². The molecule has 0 unspecified atom stereocenters. The van der Waals surface area contributed by atoms with Gasteiger partial charge in [-0.15, -0.1) is 11.3 Å². The summed E-state index contributed by atoms with van der Waals surface area (Å²) in [6.45, 7) is 5.89. The van der Waals surface area contributed by atoms with Gasteiger partial charge in [0.25, 0.3) is 0 Å². The van der Waals surface area contributed by atoms with E-state index in [4.69, 9.17) is 0 Å². The molecule has 0 aliphatic carbocycles. The second-order valence-corrected chi connectivity index (χ2v) is 4.93. The summed E-state index contributed by atoms with van der Waals surface area (Å²) in [5.74, 6) is 0. The van der Waals surface area contributed by atoms with E-state index >= 15 is 0 Å². The van der Waals surface area contributed by atoms with Crippen molar-refractivity contribution in [3.63, 3.8) is 0 Å². The van der Waals surface area contributed by atoms with Gasteiger partial charge in [0.05, 0.1) is 17.2 Å². The molecule has 0 bridgehead atoms. The zero-order chi connectivity index (χ0) is 11.4.